The van der Waals surface area contributed by atoms with E-state index >= 15 is 0 Å². The zero-order valence-corrected chi connectivity index (χ0v) is 13.9. The van der Waals surface area contributed by atoms with Crippen LogP contribution in [-0.2, 0) is 4.79 Å². The minimum atomic E-state index is -0.372. The highest BCUT2D eigenvalue weighted by molar-refractivity contribution is 8.03. The molecule has 114 valence electrons. The minimum Gasteiger partial charge on any atom is -0.323 e. The third kappa shape index (κ3) is 2.75. The second kappa shape index (κ2) is 5.79. The van der Waals surface area contributed by atoms with E-state index in [1.807, 2.05) is 55.5 Å². The predicted octanol–water partition coefficient (Wildman–Crippen LogP) is 4.50. The second-order valence-electron chi connectivity index (χ2n) is 5.20. The molecule has 0 unspecified atom stereocenters. The first-order valence-corrected chi connectivity index (χ1v) is 8.87. The molecule has 2 heterocycles. The van der Waals surface area contributed by atoms with Crippen LogP contribution in [0.5, 0.6) is 0 Å². The van der Waals surface area contributed by atoms with Gasteiger partial charge < -0.3 is 5.32 Å². The Bertz CT molecular complexity index is 899. The molecule has 0 aliphatic carbocycles. The normalized spacial score (nSPS) is 17.3. The number of amides is 1. The van der Waals surface area contributed by atoms with Crippen molar-refractivity contribution in [1.82, 2.24) is 4.98 Å². The van der Waals surface area contributed by atoms with Gasteiger partial charge in [-0.3, -0.25) is 9.79 Å². The molecule has 2 aromatic carbocycles. The number of aliphatic imine (C=N–C) groups is 1. The Labute approximate surface area is 141 Å². The molecule has 1 aliphatic rings. The molecule has 4 nitrogen and oxygen atoms in total. The van der Waals surface area contributed by atoms with Crippen LogP contribution in [0.25, 0.3) is 10.2 Å². The van der Waals surface area contributed by atoms with E-state index in [-0.39, 0.29) is 11.2 Å². The maximum atomic E-state index is 12.6. The Morgan fingerprint density at radius 1 is 1.13 bits per heavy atom. The third-order valence-electron chi connectivity index (χ3n) is 3.57. The summed E-state index contributed by atoms with van der Waals surface area (Å²) in [6, 6.07) is 15.6. The van der Waals surface area contributed by atoms with Gasteiger partial charge in [0, 0.05) is 5.71 Å². The Hall–Kier alpha value is -2.18. The summed E-state index contributed by atoms with van der Waals surface area (Å²) in [5, 5.41) is 2.59. The summed E-state index contributed by atoms with van der Waals surface area (Å²) in [6.07, 6.45) is 0. The fraction of sp³-hybridized carbons (Fsp3) is 0.118. The molecular weight excluding hydrogens is 326 g/mol. The molecule has 0 bridgehead atoms. The number of para-hydroxylation sites is 3. The van der Waals surface area contributed by atoms with Crippen LogP contribution in [0.3, 0.4) is 0 Å². The molecular formula is C17H13N3OS2. The number of rotatable bonds is 2. The molecule has 23 heavy (non-hydrogen) atoms. The molecule has 1 amide bonds. The molecule has 4 rings (SSSR count). The maximum Gasteiger partial charge on any atom is 0.243 e. The average Bonchev–Trinajstić information content (AvgIpc) is 2.91. The summed E-state index contributed by atoms with van der Waals surface area (Å²) in [4.78, 5) is 21.8. The van der Waals surface area contributed by atoms with Gasteiger partial charge in [0.05, 0.1) is 21.6 Å². The van der Waals surface area contributed by atoms with Gasteiger partial charge in [-0.05, 0) is 31.2 Å². The van der Waals surface area contributed by atoms with Gasteiger partial charge in [0.15, 0.2) is 4.34 Å². The van der Waals surface area contributed by atoms with Crippen molar-refractivity contribution in [2.45, 2.75) is 16.5 Å². The number of hydrogen-bond donors (Lipinski definition) is 1. The van der Waals surface area contributed by atoms with E-state index in [4.69, 9.17) is 0 Å². The van der Waals surface area contributed by atoms with Crippen molar-refractivity contribution >= 4 is 56.3 Å². The van der Waals surface area contributed by atoms with E-state index in [9.17, 15) is 4.79 Å². The van der Waals surface area contributed by atoms with Gasteiger partial charge in [-0.1, -0.05) is 36.0 Å². The first-order chi connectivity index (χ1) is 11.2. The van der Waals surface area contributed by atoms with E-state index in [1.54, 1.807) is 11.3 Å². The van der Waals surface area contributed by atoms with Crippen molar-refractivity contribution in [2.75, 3.05) is 5.32 Å². The quantitative estimate of drug-likeness (QED) is 0.748. The van der Waals surface area contributed by atoms with Crippen LogP contribution in [0.4, 0.5) is 11.4 Å². The van der Waals surface area contributed by atoms with Crippen molar-refractivity contribution in [3.8, 4) is 0 Å². The number of fused-ring (bicyclic) bond motifs is 2. The largest absolute Gasteiger partial charge is 0.323 e. The maximum absolute atomic E-state index is 12.6. The zero-order chi connectivity index (χ0) is 15.8. The number of nitrogens with zero attached hydrogens (tertiary/aromatic N) is 2. The summed E-state index contributed by atoms with van der Waals surface area (Å²) in [5.74, 6) is -0.0551. The van der Waals surface area contributed by atoms with Crippen LogP contribution >= 0.6 is 23.1 Å². The van der Waals surface area contributed by atoms with Crippen molar-refractivity contribution < 1.29 is 4.79 Å². The molecule has 0 saturated heterocycles. The zero-order valence-electron chi connectivity index (χ0n) is 12.3. The first-order valence-electron chi connectivity index (χ1n) is 7.18. The van der Waals surface area contributed by atoms with Crippen LogP contribution in [-0.4, -0.2) is 21.9 Å². The van der Waals surface area contributed by atoms with Gasteiger partial charge in [0.1, 0.15) is 5.25 Å². The van der Waals surface area contributed by atoms with E-state index in [2.05, 4.69) is 15.3 Å². The van der Waals surface area contributed by atoms with Gasteiger partial charge in [-0.15, -0.1) is 11.3 Å². The standard InChI is InChI=1S/C17H13N3OS2/c1-10-15(16(21)19-12-7-3-2-6-11(12)18-10)23-17-20-13-8-4-5-9-14(13)22-17/h2-9,15H,1H3,(H,19,21)/t15-/m0/s1. The number of thiazole rings is 1. The van der Waals surface area contributed by atoms with Crippen LogP contribution in [0.2, 0.25) is 0 Å². The fourth-order valence-corrected chi connectivity index (χ4v) is 4.64. The molecule has 0 saturated carbocycles. The number of anilines is 1. The lowest BCUT2D eigenvalue weighted by Gasteiger charge is -2.11. The predicted molar refractivity (Wildman–Crippen MR) is 97.1 cm³/mol. The summed E-state index contributed by atoms with van der Waals surface area (Å²) in [7, 11) is 0. The van der Waals surface area contributed by atoms with Crippen molar-refractivity contribution in [2.24, 2.45) is 4.99 Å². The summed E-state index contributed by atoms with van der Waals surface area (Å²) in [6.45, 7) is 1.90. The topological polar surface area (TPSA) is 54.4 Å². The highest BCUT2D eigenvalue weighted by Crippen LogP contribution is 2.36. The Morgan fingerprint density at radius 2 is 1.91 bits per heavy atom. The second-order valence-corrected chi connectivity index (χ2v) is 7.59. The monoisotopic (exact) mass is 339 g/mol. The molecule has 0 fully saturated rings. The first kappa shape index (κ1) is 14.4. The fourth-order valence-electron chi connectivity index (χ4n) is 2.45. The number of aromatic nitrogens is 1. The van der Waals surface area contributed by atoms with Crippen LogP contribution < -0.4 is 5.32 Å². The number of hydrogen-bond acceptors (Lipinski definition) is 5. The number of nitrogens with one attached hydrogen (secondary N) is 1. The van der Waals surface area contributed by atoms with Gasteiger partial charge in [0.25, 0.3) is 0 Å². The van der Waals surface area contributed by atoms with E-state index < -0.39 is 0 Å². The number of thioether (sulfide) groups is 1. The third-order valence-corrected chi connectivity index (χ3v) is 6.02. The number of carbonyl (C=O) groups excluding carboxylic acids is 1. The highest BCUT2D eigenvalue weighted by atomic mass is 32.2. The molecule has 1 N–H and O–H groups in total. The highest BCUT2D eigenvalue weighted by Gasteiger charge is 2.27. The number of benzene rings is 2. The smallest absolute Gasteiger partial charge is 0.243 e. The Balaban J connectivity index is 1.67. The van der Waals surface area contributed by atoms with Gasteiger partial charge in [-0.2, -0.15) is 0 Å². The summed E-state index contributed by atoms with van der Waals surface area (Å²) < 4.78 is 2.01. The van der Waals surface area contributed by atoms with Gasteiger partial charge in [0.2, 0.25) is 5.91 Å². The SMILES string of the molecule is CC1=Nc2ccccc2NC(=O)[C@H]1Sc1nc2ccccc2s1. The average molecular weight is 339 g/mol. The summed E-state index contributed by atoms with van der Waals surface area (Å²) in [5.41, 5.74) is 3.30. The van der Waals surface area contributed by atoms with Crippen molar-refractivity contribution in [1.29, 1.82) is 0 Å². The lowest BCUT2D eigenvalue weighted by molar-refractivity contribution is -0.114. The van der Waals surface area contributed by atoms with E-state index in [0.717, 1.165) is 31.6 Å². The van der Waals surface area contributed by atoms with E-state index in [0.29, 0.717) is 0 Å². The number of carbonyl (C=O) groups is 1. The van der Waals surface area contributed by atoms with Gasteiger partial charge in [-0.25, -0.2) is 4.98 Å². The lowest BCUT2D eigenvalue weighted by Crippen LogP contribution is -2.29. The molecule has 0 spiro atoms. The van der Waals surface area contributed by atoms with Crippen molar-refractivity contribution in [3.05, 3.63) is 48.5 Å². The van der Waals surface area contributed by atoms with E-state index in [1.165, 1.54) is 11.8 Å². The van der Waals surface area contributed by atoms with Crippen molar-refractivity contribution in [3.63, 3.8) is 0 Å². The van der Waals surface area contributed by atoms with Crippen LogP contribution in [0.1, 0.15) is 6.92 Å². The molecule has 3 aromatic rings. The van der Waals surface area contributed by atoms with Gasteiger partial charge >= 0.3 is 0 Å². The minimum absolute atomic E-state index is 0.0551. The Kier molecular flexibility index (Phi) is 3.63. The van der Waals surface area contributed by atoms with Crippen LogP contribution in [0, 0.1) is 0 Å². The molecule has 1 aliphatic heterocycles. The summed E-state index contributed by atoms with van der Waals surface area (Å²) >= 11 is 3.06. The molecule has 6 heteroatoms. The lowest BCUT2D eigenvalue weighted by atomic mass is 10.3. The molecule has 0 radical (unpaired) electrons. The molecule has 1 aromatic heterocycles. The molecule has 1 atom stereocenters. The van der Waals surface area contributed by atoms with Crippen LogP contribution in [0.15, 0.2) is 57.9 Å². The Morgan fingerprint density at radius 3 is 2.78 bits per heavy atom.